The van der Waals surface area contributed by atoms with Gasteiger partial charge in [-0.25, -0.2) is 0 Å². The standard InChI is InChI=1S/C15H13ClN2O/c16-13-3-1-2-4-15(13)19-9-12-7-10-5-6-11(17)8-14(10)18-12/h1-8,18H,9,17H2. The van der Waals surface area contributed by atoms with E-state index in [0.29, 0.717) is 17.4 Å². The van der Waals surface area contributed by atoms with Crippen LogP contribution in [0.4, 0.5) is 5.69 Å². The number of H-pyrrole nitrogens is 1. The van der Waals surface area contributed by atoms with Crippen LogP contribution in [0.1, 0.15) is 5.69 Å². The Morgan fingerprint density at radius 3 is 2.79 bits per heavy atom. The second kappa shape index (κ2) is 4.86. The fourth-order valence-electron chi connectivity index (χ4n) is 2.00. The van der Waals surface area contributed by atoms with E-state index in [0.717, 1.165) is 22.3 Å². The number of hydrogen-bond acceptors (Lipinski definition) is 2. The first-order chi connectivity index (χ1) is 9.22. The number of nitrogens with two attached hydrogens (primary N) is 1. The third kappa shape index (κ3) is 2.51. The van der Waals surface area contributed by atoms with E-state index in [9.17, 15) is 0 Å². The fourth-order valence-corrected chi connectivity index (χ4v) is 2.19. The maximum atomic E-state index is 6.04. The lowest BCUT2D eigenvalue weighted by Gasteiger charge is -2.05. The smallest absolute Gasteiger partial charge is 0.138 e. The molecule has 0 unspecified atom stereocenters. The van der Waals surface area contributed by atoms with Crippen molar-refractivity contribution in [2.45, 2.75) is 6.61 Å². The molecule has 3 aromatic rings. The quantitative estimate of drug-likeness (QED) is 0.709. The molecule has 0 atom stereocenters. The van der Waals surface area contributed by atoms with Crippen molar-refractivity contribution in [2.24, 2.45) is 0 Å². The molecular weight excluding hydrogens is 260 g/mol. The first kappa shape index (κ1) is 11.9. The Morgan fingerprint density at radius 2 is 1.95 bits per heavy atom. The third-order valence-electron chi connectivity index (χ3n) is 2.92. The zero-order valence-corrected chi connectivity index (χ0v) is 10.9. The molecule has 19 heavy (non-hydrogen) atoms. The molecule has 0 amide bonds. The number of para-hydroxylation sites is 1. The summed E-state index contributed by atoms with van der Waals surface area (Å²) in [6.07, 6.45) is 0. The van der Waals surface area contributed by atoms with Gasteiger partial charge in [0.1, 0.15) is 12.4 Å². The van der Waals surface area contributed by atoms with Gasteiger partial charge in [0.25, 0.3) is 0 Å². The number of ether oxygens (including phenoxy) is 1. The average Bonchev–Trinajstić information content (AvgIpc) is 2.79. The first-order valence-corrected chi connectivity index (χ1v) is 6.34. The Balaban J connectivity index is 1.80. The molecule has 4 heteroatoms. The largest absolute Gasteiger partial charge is 0.486 e. The highest BCUT2D eigenvalue weighted by Crippen LogP contribution is 2.25. The Labute approximate surface area is 116 Å². The molecule has 1 aromatic heterocycles. The van der Waals surface area contributed by atoms with E-state index in [2.05, 4.69) is 4.98 Å². The van der Waals surface area contributed by atoms with Gasteiger partial charge in [0, 0.05) is 11.2 Å². The molecule has 0 aliphatic carbocycles. The molecule has 0 bridgehead atoms. The highest BCUT2D eigenvalue weighted by Gasteiger charge is 2.04. The van der Waals surface area contributed by atoms with Crippen LogP contribution in [0, 0.1) is 0 Å². The number of benzene rings is 2. The number of aromatic amines is 1. The van der Waals surface area contributed by atoms with Crippen molar-refractivity contribution in [1.29, 1.82) is 0 Å². The van der Waals surface area contributed by atoms with E-state index in [1.807, 2.05) is 48.5 Å². The second-order valence-corrected chi connectivity index (χ2v) is 4.77. The zero-order valence-electron chi connectivity index (χ0n) is 10.2. The van der Waals surface area contributed by atoms with Crippen LogP contribution in [0.15, 0.2) is 48.5 Å². The summed E-state index contributed by atoms with van der Waals surface area (Å²) in [4.78, 5) is 3.28. The molecule has 3 rings (SSSR count). The SMILES string of the molecule is Nc1ccc2cc(COc3ccccc3Cl)[nH]c2c1. The Bertz CT molecular complexity index is 721. The predicted octanol–water partition coefficient (Wildman–Crippen LogP) is 3.98. The van der Waals surface area contributed by atoms with E-state index in [4.69, 9.17) is 22.1 Å². The average molecular weight is 273 g/mol. The van der Waals surface area contributed by atoms with Gasteiger partial charge in [0.2, 0.25) is 0 Å². The number of nitrogen functional groups attached to an aromatic ring is 1. The van der Waals surface area contributed by atoms with Crippen LogP contribution in [-0.4, -0.2) is 4.98 Å². The maximum Gasteiger partial charge on any atom is 0.138 e. The Hall–Kier alpha value is -2.13. The molecule has 0 spiro atoms. The zero-order chi connectivity index (χ0) is 13.2. The van der Waals surface area contributed by atoms with Crippen molar-refractivity contribution in [1.82, 2.24) is 4.98 Å². The van der Waals surface area contributed by atoms with Crippen LogP contribution >= 0.6 is 11.6 Å². The summed E-state index contributed by atoms with van der Waals surface area (Å²) in [6, 6.07) is 15.3. The molecule has 3 N–H and O–H groups in total. The van der Waals surface area contributed by atoms with Crippen molar-refractivity contribution in [3.8, 4) is 5.75 Å². The van der Waals surface area contributed by atoms with Crippen LogP contribution in [-0.2, 0) is 6.61 Å². The number of aromatic nitrogens is 1. The van der Waals surface area contributed by atoms with Crippen LogP contribution in [0.5, 0.6) is 5.75 Å². The molecular formula is C15H13ClN2O. The van der Waals surface area contributed by atoms with Gasteiger partial charge in [0.15, 0.2) is 0 Å². The predicted molar refractivity (Wildman–Crippen MR) is 78.5 cm³/mol. The molecule has 0 aliphatic heterocycles. The summed E-state index contributed by atoms with van der Waals surface area (Å²) < 4.78 is 5.69. The number of fused-ring (bicyclic) bond motifs is 1. The molecule has 1 heterocycles. The molecule has 96 valence electrons. The van der Waals surface area contributed by atoms with Gasteiger partial charge in [0.05, 0.1) is 10.7 Å². The lowest BCUT2D eigenvalue weighted by atomic mass is 10.2. The van der Waals surface area contributed by atoms with Crippen molar-refractivity contribution in [3.63, 3.8) is 0 Å². The molecule has 2 aromatic carbocycles. The van der Waals surface area contributed by atoms with Crippen LogP contribution < -0.4 is 10.5 Å². The van der Waals surface area contributed by atoms with Gasteiger partial charge in [-0.05, 0) is 35.7 Å². The number of hydrogen-bond donors (Lipinski definition) is 2. The van der Waals surface area contributed by atoms with Gasteiger partial charge < -0.3 is 15.5 Å². The van der Waals surface area contributed by atoms with Crippen LogP contribution in [0.3, 0.4) is 0 Å². The van der Waals surface area contributed by atoms with Gasteiger partial charge in [-0.15, -0.1) is 0 Å². The summed E-state index contributed by atoms with van der Waals surface area (Å²) >= 11 is 6.04. The highest BCUT2D eigenvalue weighted by atomic mass is 35.5. The van der Waals surface area contributed by atoms with E-state index >= 15 is 0 Å². The second-order valence-electron chi connectivity index (χ2n) is 4.36. The van der Waals surface area contributed by atoms with Gasteiger partial charge in [-0.2, -0.15) is 0 Å². The molecule has 0 radical (unpaired) electrons. The fraction of sp³-hybridized carbons (Fsp3) is 0.0667. The minimum atomic E-state index is 0.443. The van der Waals surface area contributed by atoms with Crippen LogP contribution in [0.2, 0.25) is 5.02 Å². The number of anilines is 1. The molecule has 0 fully saturated rings. The first-order valence-electron chi connectivity index (χ1n) is 5.97. The monoisotopic (exact) mass is 272 g/mol. The van der Waals surface area contributed by atoms with E-state index in [1.165, 1.54) is 0 Å². The molecule has 3 nitrogen and oxygen atoms in total. The summed E-state index contributed by atoms with van der Waals surface area (Å²) in [6.45, 7) is 0.443. The topological polar surface area (TPSA) is 51.0 Å². The van der Waals surface area contributed by atoms with Gasteiger partial charge in [-0.3, -0.25) is 0 Å². The van der Waals surface area contributed by atoms with Crippen molar-refractivity contribution >= 4 is 28.2 Å². The minimum Gasteiger partial charge on any atom is -0.486 e. The maximum absolute atomic E-state index is 6.04. The lowest BCUT2D eigenvalue weighted by molar-refractivity contribution is 0.302. The number of rotatable bonds is 3. The number of nitrogens with one attached hydrogen (secondary N) is 1. The Morgan fingerprint density at radius 1 is 1.11 bits per heavy atom. The summed E-state index contributed by atoms with van der Waals surface area (Å²) in [5.74, 6) is 0.683. The Kier molecular flexibility index (Phi) is 3.05. The van der Waals surface area contributed by atoms with Crippen molar-refractivity contribution in [2.75, 3.05) is 5.73 Å². The third-order valence-corrected chi connectivity index (χ3v) is 3.23. The van der Waals surface area contributed by atoms with Crippen molar-refractivity contribution < 1.29 is 4.74 Å². The summed E-state index contributed by atoms with van der Waals surface area (Å²) in [5.41, 5.74) is 8.49. The minimum absolute atomic E-state index is 0.443. The number of halogens is 1. The highest BCUT2D eigenvalue weighted by molar-refractivity contribution is 6.32. The summed E-state index contributed by atoms with van der Waals surface area (Å²) in [5, 5.41) is 1.73. The van der Waals surface area contributed by atoms with E-state index in [-0.39, 0.29) is 0 Å². The summed E-state index contributed by atoms with van der Waals surface area (Å²) in [7, 11) is 0. The normalized spacial score (nSPS) is 10.8. The van der Waals surface area contributed by atoms with Gasteiger partial charge in [-0.1, -0.05) is 29.8 Å². The molecule has 0 saturated heterocycles. The van der Waals surface area contributed by atoms with Crippen LogP contribution in [0.25, 0.3) is 10.9 Å². The lowest BCUT2D eigenvalue weighted by Crippen LogP contribution is -1.95. The van der Waals surface area contributed by atoms with E-state index in [1.54, 1.807) is 0 Å². The van der Waals surface area contributed by atoms with E-state index < -0.39 is 0 Å². The van der Waals surface area contributed by atoms with Gasteiger partial charge >= 0.3 is 0 Å². The molecule has 0 saturated carbocycles. The molecule has 0 aliphatic rings. The van der Waals surface area contributed by atoms with Crippen molar-refractivity contribution in [3.05, 3.63) is 59.2 Å².